The van der Waals surface area contributed by atoms with E-state index >= 15 is 0 Å². The van der Waals surface area contributed by atoms with Crippen molar-refractivity contribution >= 4 is 24.2 Å². The van der Waals surface area contributed by atoms with E-state index in [1.807, 2.05) is 39.0 Å². The predicted molar refractivity (Wildman–Crippen MR) is 102 cm³/mol. The Morgan fingerprint density at radius 1 is 1.32 bits per heavy atom. The molecule has 0 aliphatic heterocycles. The monoisotopic (exact) mass is 383 g/mol. The van der Waals surface area contributed by atoms with Gasteiger partial charge in [0.25, 0.3) is 0 Å². The van der Waals surface area contributed by atoms with E-state index in [2.05, 4.69) is 29.6 Å². The molecule has 1 aromatic heterocycles. The summed E-state index contributed by atoms with van der Waals surface area (Å²) in [5, 5.41) is 16.6. The van der Waals surface area contributed by atoms with Crippen molar-refractivity contribution in [2.24, 2.45) is 11.3 Å². The molecule has 0 fully saturated rings. The second-order valence-electron chi connectivity index (χ2n) is 7.55. The summed E-state index contributed by atoms with van der Waals surface area (Å²) in [6.45, 7) is 8.90. The molecule has 0 bridgehead atoms. The lowest BCUT2D eigenvalue weighted by atomic mass is 9.72. The first kappa shape index (κ1) is 20.1. The van der Waals surface area contributed by atoms with Gasteiger partial charge in [0.1, 0.15) is 12.1 Å². The molecule has 0 aliphatic rings. The normalized spacial score (nSPS) is 15.6. The molecule has 138 valence electrons. The van der Waals surface area contributed by atoms with Crippen LogP contribution < -0.4 is 4.74 Å². The standard InChI is InChI=1S/C18H26ClN3O2S/c1-13(10-24-15-8-6-5-7-14(15)19)9-18(23,17(2,3)4)11-22-16(25)20-12-21-22/h5-8,12-13,23H,9-11H2,1-4H3,(H,20,21,25). The van der Waals surface area contributed by atoms with Gasteiger partial charge in [0.2, 0.25) is 0 Å². The van der Waals surface area contributed by atoms with Gasteiger partial charge in [-0.3, -0.25) is 0 Å². The first-order valence-electron chi connectivity index (χ1n) is 8.29. The SMILES string of the molecule is CC(COc1ccccc1Cl)CC(O)(Cn1ncnc1S)C(C)(C)C. The number of ether oxygens (including phenoxy) is 1. The molecule has 25 heavy (non-hydrogen) atoms. The molecule has 1 N–H and O–H groups in total. The van der Waals surface area contributed by atoms with Crippen LogP contribution in [0.4, 0.5) is 0 Å². The minimum atomic E-state index is -0.985. The quantitative estimate of drug-likeness (QED) is 0.706. The molecule has 0 spiro atoms. The number of hydrogen-bond acceptors (Lipinski definition) is 5. The fourth-order valence-electron chi connectivity index (χ4n) is 2.65. The third-order valence-corrected chi connectivity index (χ3v) is 5.11. The number of benzene rings is 1. The lowest BCUT2D eigenvalue weighted by molar-refractivity contribution is -0.0932. The molecular formula is C18H26ClN3O2S. The highest BCUT2D eigenvalue weighted by atomic mass is 35.5. The molecule has 2 atom stereocenters. The number of aromatic nitrogens is 3. The fourth-order valence-corrected chi connectivity index (χ4v) is 3.02. The van der Waals surface area contributed by atoms with Crippen LogP contribution in [0.2, 0.25) is 5.02 Å². The maximum Gasteiger partial charge on any atom is 0.183 e. The smallest absolute Gasteiger partial charge is 0.183 e. The van der Waals surface area contributed by atoms with Crippen molar-refractivity contribution in [3.63, 3.8) is 0 Å². The second kappa shape index (κ2) is 7.98. The molecule has 1 aromatic carbocycles. The molecule has 1 heterocycles. The van der Waals surface area contributed by atoms with Crippen molar-refractivity contribution in [3.05, 3.63) is 35.6 Å². The number of thiol groups is 1. The number of halogens is 1. The van der Waals surface area contributed by atoms with Crippen LogP contribution in [0.15, 0.2) is 35.7 Å². The minimum absolute atomic E-state index is 0.118. The zero-order valence-corrected chi connectivity index (χ0v) is 16.8. The van der Waals surface area contributed by atoms with Crippen molar-refractivity contribution in [1.29, 1.82) is 0 Å². The third kappa shape index (κ3) is 5.12. The van der Waals surface area contributed by atoms with Gasteiger partial charge in [-0.25, -0.2) is 9.67 Å². The highest BCUT2D eigenvalue weighted by Crippen LogP contribution is 2.37. The van der Waals surface area contributed by atoms with Gasteiger partial charge in [-0.05, 0) is 29.9 Å². The summed E-state index contributed by atoms with van der Waals surface area (Å²) in [6.07, 6.45) is 1.99. The first-order chi connectivity index (χ1) is 11.6. The van der Waals surface area contributed by atoms with Gasteiger partial charge in [0.05, 0.1) is 23.8 Å². The Bertz CT molecular complexity index is 702. The van der Waals surface area contributed by atoms with Crippen LogP contribution in [-0.2, 0) is 6.54 Å². The van der Waals surface area contributed by atoms with E-state index in [9.17, 15) is 5.11 Å². The lowest BCUT2D eigenvalue weighted by Gasteiger charge is -2.42. The van der Waals surface area contributed by atoms with Gasteiger partial charge in [-0.2, -0.15) is 5.10 Å². The molecule has 0 saturated carbocycles. The number of rotatable bonds is 7. The maximum absolute atomic E-state index is 11.4. The van der Waals surface area contributed by atoms with Gasteiger partial charge in [-0.15, -0.1) is 12.6 Å². The predicted octanol–water partition coefficient (Wildman–Crippen LogP) is 4.10. The van der Waals surface area contributed by atoms with E-state index in [1.54, 1.807) is 10.7 Å². The van der Waals surface area contributed by atoms with E-state index in [0.717, 1.165) is 0 Å². The molecule has 2 aromatic rings. The van der Waals surface area contributed by atoms with Crippen LogP contribution >= 0.6 is 24.2 Å². The highest BCUT2D eigenvalue weighted by molar-refractivity contribution is 7.80. The molecule has 7 heteroatoms. The van der Waals surface area contributed by atoms with E-state index < -0.39 is 5.60 Å². The van der Waals surface area contributed by atoms with Crippen molar-refractivity contribution in [3.8, 4) is 5.75 Å². The Hall–Kier alpha value is -1.24. The summed E-state index contributed by atoms with van der Waals surface area (Å²) in [4.78, 5) is 4.01. The number of nitrogens with zero attached hydrogens (tertiary/aromatic N) is 3. The van der Waals surface area contributed by atoms with Gasteiger partial charge in [0.15, 0.2) is 5.16 Å². The minimum Gasteiger partial charge on any atom is -0.492 e. The van der Waals surface area contributed by atoms with E-state index in [1.165, 1.54) is 6.33 Å². The first-order valence-corrected chi connectivity index (χ1v) is 9.11. The van der Waals surface area contributed by atoms with Gasteiger partial charge in [0, 0.05) is 0 Å². The van der Waals surface area contributed by atoms with Crippen molar-refractivity contribution in [1.82, 2.24) is 14.8 Å². The van der Waals surface area contributed by atoms with Crippen LogP contribution in [-0.4, -0.2) is 32.1 Å². The van der Waals surface area contributed by atoms with Crippen molar-refractivity contribution < 1.29 is 9.84 Å². The topological polar surface area (TPSA) is 60.2 Å². The molecule has 2 rings (SSSR count). The Labute approximate surface area is 159 Å². The number of para-hydroxylation sites is 1. The number of aliphatic hydroxyl groups is 1. The van der Waals surface area contributed by atoms with Gasteiger partial charge in [-0.1, -0.05) is 51.4 Å². The Kier molecular flexibility index (Phi) is 6.40. The second-order valence-corrected chi connectivity index (χ2v) is 8.36. The average Bonchev–Trinajstić information content (AvgIpc) is 2.90. The summed E-state index contributed by atoms with van der Waals surface area (Å²) in [6, 6.07) is 7.39. The molecule has 0 amide bonds. The summed E-state index contributed by atoms with van der Waals surface area (Å²) in [5.74, 6) is 0.775. The zero-order chi connectivity index (χ0) is 18.7. The zero-order valence-electron chi connectivity index (χ0n) is 15.1. The van der Waals surface area contributed by atoms with Crippen LogP contribution in [0, 0.1) is 11.3 Å². The fraction of sp³-hybridized carbons (Fsp3) is 0.556. The van der Waals surface area contributed by atoms with Crippen LogP contribution in [0.3, 0.4) is 0 Å². The molecule has 0 radical (unpaired) electrons. The number of hydrogen-bond donors (Lipinski definition) is 2. The highest BCUT2D eigenvalue weighted by Gasteiger charge is 2.42. The summed E-state index contributed by atoms with van der Waals surface area (Å²) in [5.41, 5.74) is -1.33. The molecule has 2 unspecified atom stereocenters. The molecule has 0 saturated heterocycles. The molecule has 5 nitrogen and oxygen atoms in total. The van der Waals surface area contributed by atoms with Gasteiger partial charge >= 0.3 is 0 Å². The van der Waals surface area contributed by atoms with Crippen LogP contribution in [0.5, 0.6) is 5.75 Å². The van der Waals surface area contributed by atoms with Crippen LogP contribution in [0.25, 0.3) is 0 Å². The average molecular weight is 384 g/mol. The van der Waals surface area contributed by atoms with E-state index in [0.29, 0.717) is 35.5 Å². The third-order valence-electron chi connectivity index (χ3n) is 4.45. The van der Waals surface area contributed by atoms with E-state index in [4.69, 9.17) is 16.3 Å². The van der Waals surface area contributed by atoms with E-state index in [-0.39, 0.29) is 11.3 Å². The maximum atomic E-state index is 11.4. The summed E-state index contributed by atoms with van der Waals surface area (Å²) < 4.78 is 7.44. The summed E-state index contributed by atoms with van der Waals surface area (Å²) >= 11 is 10.4. The largest absolute Gasteiger partial charge is 0.492 e. The summed E-state index contributed by atoms with van der Waals surface area (Å²) in [7, 11) is 0. The molecular weight excluding hydrogens is 358 g/mol. The Morgan fingerprint density at radius 3 is 2.56 bits per heavy atom. The van der Waals surface area contributed by atoms with Gasteiger partial charge < -0.3 is 9.84 Å². The van der Waals surface area contributed by atoms with Crippen LogP contribution in [0.1, 0.15) is 34.1 Å². The Morgan fingerprint density at radius 2 is 2.00 bits per heavy atom. The Balaban J connectivity index is 2.06. The van der Waals surface area contributed by atoms with Crippen molar-refractivity contribution in [2.45, 2.75) is 51.4 Å². The van der Waals surface area contributed by atoms with Crippen molar-refractivity contribution in [2.75, 3.05) is 6.61 Å². The lowest BCUT2D eigenvalue weighted by Crippen LogP contribution is -2.48. The molecule has 0 aliphatic carbocycles.